The maximum atomic E-state index is 11.1. The summed E-state index contributed by atoms with van der Waals surface area (Å²) >= 11 is 0. The van der Waals surface area contributed by atoms with E-state index in [1.165, 1.54) is 19.4 Å². The second kappa shape index (κ2) is 3.29. The lowest BCUT2D eigenvalue weighted by molar-refractivity contribution is -0.122. The molecule has 0 aromatic rings. The van der Waals surface area contributed by atoms with Gasteiger partial charge in [0, 0.05) is 19.6 Å². The van der Waals surface area contributed by atoms with Crippen LogP contribution in [0.5, 0.6) is 0 Å². The van der Waals surface area contributed by atoms with Gasteiger partial charge in [0.15, 0.2) is 0 Å². The van der Waals surface area contributed by atoms with Crippen molar-refractivity contribution in [2.75, 3.05) is 19.6 Å². The Balaban J connectivity index is 1.85. The lowest BCUT2D eigenvalue weighted by Crippen LogP contribution is -2.29. The number of hydrogen-bond donors (Lipinski definition) is 1. The van der Waals surface area contributed by atoms with E-state index in [9.17, 15) is 4.79 Å². The molecule has 0 radical (unpaired) electrons. The van der Waals surface area contributed by atoms with Crippen LogP contribution in [0.2, 0.25) is 0 Å². The predicted molar refractivity (Wildman–Crippen MR) is 51.0 cm³/mol. The standard InChI is InChI=1S/C10H18N2O/c1-7-4-12(5-8-2-3-8)6-9(7)10(11)13/h7-9H,2-6H2,1H3,(H2,11,13)/t7-,9-/m1/s1. The summed E-state index contributed by atoms with van der Waals surface area (Å²) in [6.45, 7) is 5.27. The first-order valence-corrected chi connectivity index (χ1v) is 5.18. The molecule has 1 saturated heterocycles. The average Bonchev–Trinajstić information content (AvgIpc) is 2.75. The quantitative estimate of drug-likeness (QED) is 0.689. The van der Waals surface area contributed by atoms with Gasteiger partial charge in [-0.15, -0.1) is 0 Å². The molecule has 13 heavy (non-hydrogen) atoms. The van der Waals surface area contributed by atoms with Crippen LogP contribution in [0.1, 0.15) is 19.8 Å². The van der Waals surface area contributed by atoms with E-state index in [0.29, 0.717) is 5.92 Å². The van der Waals surface area contributed by atoms with Crippen molar-refractivity contribution in [1.29, 1.82) is 0 Å². The van der Waals surface area contributed by atoms with Crippen molar-refractivity contribution in [1.82, 2.24) is 4.90 Å². The SMILES string of the molecule is C[C@@H]1CN(CC2CC2)C[C@H]1C(N)=O. The molecule has 1 saturated carbocycles. The number of rotatable bonds is 3. The Morgan fingerprint density at radius 3 is 2.62 bits per heavy atom. The molecule has 1 amide bonds. The molecule has 3 nitrogen and oxygen atoms in total. The van der Waals surface area contributed by atoms with Gasteiger partial charge in [-0.25, -0.2) is 0 Å². The fourth-order valence-corrected chi connectivity index (χ4v) is 2.25. The van der Waals surface area contributed by atoms with E-state index < -0.39 is 0 Å². The molecule has 0 spiro atoms. The highest BCUT2D eigenvalue weighted by Gasteiger charge is 2.35. The molecular weight excluding hydrogens is 164 g/mol. The van der Waals surface area contributed by atoms with Crippen molar-refractivity contribution in [2.24, 2.45) is 23.5 Å². The summed E-state index contributed by atoms with van der Waals surface area (Å²) in [7, 11) is 0. The Labute approximate surface area is 79.3 Å². The highest BCUT2D eigenvalue weighted by atomic mass is 16.1. The third kappa shape index (κ3) is 2.02. The topological polar surface area (TPSA) is 46.3 Å². The van der Waals surface area contributed by atoms with E-state index in [4.69, 9.17) is 5.73 Å². The minimum atomic E-state index is -0.120. The van der Waals surface area contributed by atoms with Crippen molar-refractivity contribution < 1.29 is 4.79 Å². The number of nitrogens with two attached hydrogens (primary N) is 1. The predicted octanol–water partition coefficient (Wildman–Crippen LogP) is 0.450. The van der Waals surface area contributed by atoms with Crippen LogP contribution in [-0.2, 0) is 4.79 Å². The van der Waals surface area contributed by atoms with Crippen molar-refractivity contribution in [3.05, 3.63) is 0 Å². The van der Waals surface area contributed by atoms with Crippen LogP contribution in [0, 0.1) is 17.8 Å². The zero-order valence-corrected chi connectivity index (χ0v) is 8.20. The van der Waals surface area contributed by atoms with Crippen LogP contribution >= 0.6 is 0 Å². The highest BCUT2D eigenvalue weighted by molar-refractivity contribution is 5.77. The zero-order valence-electron chi connectivity index (χ0n) is 8.20. The Morgan fingerprint density at radius 1 is 1.46 bits per heavy atom. The van der Waals surface area contributed by atoms with Crippen molar-refractivity contribution in [3.8, 4) is 0 Å². The van der Waals surface area contributed by atoms with E-state index in [-0.39, 0.29) is 11.8 Å². The van der Waals surface area contributed by atoms with Gasteiger partial charge < -0.3 is 10.6 Å². The lowest BCUT2D eigenvalue weighted by atomic mass is 9.98. The summed E-state index contributed by atoms with van der Waals surface area (Å²) in [5.74, 6) is 1.35. The fourth-order valence-electron chi connectivity index (χ4n) is 2.25. The number of carbonyl (C=O) groups is 1. The molecule has 0 aromatic heterocycles. The van der Waals surface area contributed by atoms with Gasteiger partial charge in [-0.05, 0) is 24.7 Å². The molecule has 0 aromatic carbocycles. The van der Waals surface area contributed by atoms with Crippen LogP contribution < -0.4 is 5.73 Å². The van der Waals surface area contributed by atoms with Gasteiger partial charge in [0.25, 0.3) is 0 Å². The third-order valence-electron chi connectivity index (χ3n) is 3.27. The van der Waals surface area contributed by atoms with Crippen LogP contribution in [0.3, 0.4) is 0 Å². The monoisotopic (exact) mass is 182 g/mol. The number of primary amides is 1. The van der Waals surface area contributed by atoms with Crippen molar-refractivity contribution >= 4 is 5.91 Å². The van der Waals surface area contributed by atoms with Crippen molar-refractivity contribution in [2.45, 2.75) is 19.8 Å². The first-order valence-electron chi connectivity index (χ1n) is 5.18. The molecule has 2 N–H and O–H groups in total. The summed E-state index contributed by atoms with van der Waals surface area (Å²) in [5, 5.41) is 0. The molecule has 1 heterocycles. The highest BCUT2D eigenvalue weighted by Crippen LogP contribution is 2.32. The van der Waals surface area contributed by atoms with E-state index in [1.54, 1.807) is 0 Å². The number of hydrogen-bond acceptors (Lipinski definition) is 2. The molecule has 2 aliphatic rings. The number of nitrogens with zero attached hydrogens (tertiary/aromatic N) is 1. The second-order valence-electron chi connectivity index (χ2n) is 4.65. The molecule has 2 fully saturated rings. The molecule has 74 valence electrons. The Kier molecular flexibility index (Phi) is 2.28. The average molecular weight is 182 g/mol. The van der Waals surface area contributed by atoms with Gasteiger partial charge in [-0.2, -0.15) is 0 Å². The summed E-state index contributed by atoms with van der Waals surface area (Å²) in [4.78, 5) is 13.5. The summed E-state index contributed by atoms with van der Waals surface area (Å²) in [5.41, 5.74) is 5.33. The molecular formula is C10H18N2O. The van der Waals surface area contributed by atoms with Crippen LogP contribution in [0.25, 0.3) is 0 Å². The number of carbonyl (C=O) groups excluding carboxylic acids is 1. The largest absolute Gasteiger partial charge is 0.369 e. The normalized spacial score (nSPS) is 35.2. The van der Waals surface area contributed by atoms with Gasteiger partial charge in [-0.3, -0.25) is 4.79 Å². The molecule has 2 rings (SSSR count). The van der Waals surface area contributed by atoms with Gasteiger partial charge in [0.1, 0.15) is 0 Å². The maximum absolute atomic E-state index is 11.1. The molecule has 1 aliphatic carbocycles. The second-order valence-corrected chi connectivity index (χ2v) is 4.65. The van der Waals surface area contributed by atoms with E-state index in [2.05, 4.69) is 11.8 Å². The van der Waals surface area contributed by atoms with Crippen molar-refractivity contribution in [3.63, 3.8) is 0 Å². The molecule has 3 heteroatoms. The minimum absolute atomic E-state index is 0.0961. The van der Waals surface area contributed by atoms with E-state index in [0.717, 1.165) is 19.0 Å². The lowest BCUT2D eigenvalue weighted by Gasteiger charge is -2.13. The van der Waals surface area contributed by atoms with Crippen LogP contribution in [0.15, 0.2) is 0 Å². The number of likely N-dealkylation sites (tertiary alicyclic amines) is 1. The van der Waals surface area contributed by atoms with E-state index in [1.807, 2.05) is 0 Å². The molecule has 0 bridgehead atoms. The fraction of sp³-hybridized carbons (Fsp3) is 0.900. The summed E-state index contributed by atoms with van der Waals surface area (Å²) in [6.07, 6.45) is 2.76. The Bertz CT molecular complexity index is 213. The smallest absolute Gasteiger partial charge is 0.222 e. The third-order valence-corrected chi connectivity index (χ3v) is 3.27. The minimum Gasteiger partial charge on any atom is -0.369 e. The Morgan fingerprint density at radius 2 is 2.15 bits per heavy atom. The van der Waals surface area contributed by atoms with Gasteiger partial charge >= 0.3 is 0 Å². The Hall–Kier alpha value is -0.570. The molecule has 2 atom stereocenters. The molecule has 1 aliphatic heterocycles. The zero-order chi connectivity index (χ0) is 9.42. The van der Waals surface area contributed by atoms with Gasteiger partial charge in [-0.1, -0.05) is 6.92 Å². The van der Waals surface area contributed by atoms with Gasteiger partial charge in [0.2, 0.25) is 5.91 Å². The maximum Gasteiger partial charge on any atom is 0.222 e. The summed E-state index contributed by atoms with van der Waals surface area (Å²) in [6, 6.07) is 0. The number of amides is 1. The van der Waals surface area contributed by atoms with Gasteiger partial charge in [0.05, 0.1) is 5.92 Å². The molecule has 0 unspecified atom stereocenters. The first-order chi connectivity index (χ1) is 6.16. The summed E-state index contributed by atoms with van der Waals surface area (Å²) < 4.78 is 0. The van der Waals surface area contributed by atoms with E-state index >= 15 is 0 Å². The van der Waals surface area contributed by atoms with Crippen LogP contribution in [-0.4, -0.2) is 30.4 Å². The first kappa shape index (κ1) is 9.00. The van der Waals surface area contributed by atoms with Crippen LogP contribution in [0.4, 0.5) is 0 Å².